The zero-order valence-corrected chi connectivity index (χ0v) is 16.4. The maximum absolute atomic E-state index is 13.0. The molecule has 0 saturated heterocycles. The van der Waals surface area contributed by atoms with Gasteiger partial charge in [-0.1, -0.05) is 30.3 Å². The van der Waals surface area contributed by atoms with Crippen LogP contribution in [0.1, 0.15) is 5.56 Å². The van der Waals surface area contributed by atoms with Crippen molar-refractivity contribution in [2.24, 2.45) is 0 Å². The van der Waals surface area contributed by atoms with Crippen LogP contribution in [0.3, 0.4) is 0 Å². The summed E-state index contributed by atoms with van der Waals surface area (Å²) < 4.78 is 65.5. The molecular formula is C21H13F3N4O2S. The monoisotopic (exact) mass is 442 g/mol. The molecule has 0 radical (unpaired) electrons. The van der Waals surface area contributed by atoms with E-state index < -0.39 is 21.8 Å². The molecule has 10 heteroatoms. The fraction of sp³-hybridized carbons (Fsp3) is 0.0476. The number of benzene rings is 2. The SMILES string of the molecule is O=S(=O)(c1ccccc1)n1ccc2c3[nH]c(-c4ccc(C(F)(F)F)cc4)nc3cnc21. The van der Waals surface area contributed by atoms with Crippen LogP contribution in [0.5, 0.6) is 0 Å². The topological polar surface area (TPSA) is 80.6 Å². The van der Waals surface area contributed by atoms with E-state index in [4.69, 9.17) is 0 Å². The molecule has 0 aliphatic rings. The molecule has 0 amide bonds. The van der Waals surface area contributed by atoms with Gasteiger partial charge in [-0.2, -0.15) is 13.2 Å². The molecule has 0 atom stereocenters. The van der Waals surface area contributed by atoms with Crippen LogP contribution in [0.15, 0.2) is 78.0 Å². The number of H-pyrrole nitrogens is 1. The van der Waals surface area contributed by atoms with Gasteiger partial charge in [0, 0.05) is 17.1 Å². The molecule has 1 N–H and O–H groups in total. The second kappa shape index (κ2) is 6.67. The minimum atomic E-state index is -4.42. The lowest BCUT2D eigenvalue weighted by Crippen LogP contribution is -2.12. The van der Waals surface area contributed by atoms with Crippen LogP contribution in [0, 0.1) is 0 Å². The van der Waals surface area contributed by atoms with Crippen molar-refractivity contribution in [3.05, 3.63) is 78.6 Å². The van der Waals surface area contributed by atoms with Crippen LogP contribution in [-0.4, -0.2) is 27.3 Å². The van der Waals surface area contributed by atoms with E-state index in [9.17, 15) is 21.6 Å². The molecule has 5 rings (SSSR count). The molecule has 156 valence electrons. The number of rotatable bonds is 3. The van der Waals surface area contributed by atoms with E-state index in [0.717, 1.165) is 16.1 Å². The molecule has 0 saturated carbocycles. The van der Waals surface area contributed by atoms with Crippen LogP contribution in [0.2, 0.25) is 0 Å². The van der Waals surface area contributed by atoms with Gasteiger partial charge in [-0.3, -0.25) is 0 Å². The first kappa shape index (κ1) is 19.3. The summed E-state index contributed by atoms with van der Waals surface area (Å²) in [6, 6.07) is 14.2. The average molecular weight is 442 g/mol. The average Bonchev–Trinajstić information content (AvgIpc) is 3.38. The molecule has 5 aromatic rings. The second-order valence-electron chi connectivity index (χ2n) is 6.85. The van der Waals surface area contributed by atoms with Crippen molar-refractivity contribution < 1.29 is 21.6 Å². The largest absolute Gasteiger partial charge is 0.416 e. The first-order chi connectivity index (χ1) is 14.7. The fourth-order valence-electron chi connectivity index (χ4n) is 3.39. The summed E-state index contributed by atoms with van der Waals surface area (Å²) in [5.74, 6) is 0.358. The zero-order chi connectivity index (χ0) is 21.8. The highest BCUT2D eigenvalue weighted by molar-refractivity contribution is 7.90. The van der Waals surface area contributed by atoms with Gasteiger partial charge < -0.3 is 4.98 Å². The van der Waals surface area contributed by atoms with Crippen molar-refractivity contribution in [3.63, 3.8) is 0 Å². The van der Waals surface area contributed by atoms with Gasteiger partial charge in [-0.05, 0) is 30.3 Å². The highest BCUT2D eigenvalue weighted by Crippen LogP contribution is 2.32. The maximum Gasteiger partial charge on any atom is 0.416 e. The van der Waals surface area contributed by atoms with Crippen molar-refractivity contribution in [3.8, 4) is 11.4 Å². The number of fused-ring (bicyclic) bond motifs is 3. The van der Waals surface area contributed by atoms with Crippen LogP contribution in [0.4, 0.5) is 13.2 Å². The zero-order valence-electron chi connectivity index (χ0n) is 15.6. The molecule has 3 heterocycles. The predicted octanol–water partition coefficient (Wildman–Crippen LogP) is 4.84. The molecule has 31 heavy (non-hydrogen) atoms. The van der Waals surface area contributed by atoms with Crippen LogP contribution < -0.4 is 0 Å². The third-order valence-electron chi connectivity index (χ3n) is 4.92. The van der Waals surface area contributed by atoms with Gasteiger partial charge in [-0.25, -0.2) is 22.4 Å². The molecule has 0 aliphatic carbocycles. The van der Waals surface area contributed by atoms with Crippen molar-refractivity contribution in [2.75, 3.05) is 0 Å². The molecule has 0 fully saturated rings. The standard InChI is InChI=1S/C21H13F3N4O2S/c22-21(23,24)14-8-6-13(7-9-14)19-26-17-12-25-20-16(18(17)27-19)10-11-28(20)31(29,30)15-4-2-1-3-5-15/h1-12H,(H,26,27). The van der Waals surface area contributed by atoms with Gasteiger partial charge in [0.1, 0.15) is 11.3 Å². The van der Waals surface area contributed by atoms with E-state index in [1.165, 1.54) is 36.7 Å². The van der Waals surface area contributed by atoms with Crippen molar-refractivity contribution in [1.82, 2.24) is 18.9 Å². The summed E-state index contributed by atoms with van der Waals surface area (Å²) >= 11 is 0. The Bertz CT molecular complexity index is 1520. The lowest BCUT2D eigenvalue weighted by atomic mass is 10.1. The summed E-state index contributed by atoms with van der Waals surface area (Å²) in [5, 5.41) is 0.530. The summed E-state index contributed by atoms with van der Waals surface area (Å²) in [4.78, 5) is 11.9. The van der Waals surface area contributed by atoms with Crippen molar-refractivity contribution >= 4 is 32.1 Å². The van der Waals surface area contributed by atoms with Crippen molar-refractivity contribution in [1.29, 1.82) is 0 Å². The number of nitrogens with one attached hydrogen (secondary N) is 1. The van der Waals surface area contributed by atoms with Crippen molar-refractivity contribution in [2.45, 2.75) is 11.1 Å². The van der Waals surface area contributed by atoms with E-state index in [1.807, 2.05) is 0 Å². The number of imidazole rings is 1. The molecular weight excluding hydrogens is 429 g/mol. The van der Waals surface area contributed by atoms with Crippen LogP contribution in [-0.2, 0) is 16.2 Å². The Hall–Kier alpha value is -3.66. The van der Waals surface area contributed by atoms with Crippen LogP contribution in [0.25, 0.3) is 33.5 Å². The Labute approximate surface area is 174 Å². The van der Waals surface area contributed by atoms with Gasteiger partial charge in [0.2, 0.25) is 0 Å². The van der Waals surface area contributed by atoms with Gasteiger partial charge in [0.15, 0.2) is 5.65 Å². The van der Waals surface area contributed by atoms with E-state index >= 15 is 0 Å². The first-order valence-corrected chi connectivity index (χ1v) is 10.5. The summed E-state index contributed by atoms with van der Waals surface area (Å²) in [5.41, 5.74) is 0.950. The lowest BCUT2D eigenvalue weighted by Gasteiger charge is -2.06. The quantitative estimate of drug-likeness (QED) is 0.434. The Morgan fingerprint density at radius 1 is 0.935 bits per heavy atom. The van der Waals surface area contributed by atoms with E-state index in [2.05, 4.69) is 15.0 Å². The Balaban J connectivity index is 1.62. The molecule has 0 spiro atoms. The smallest absolute Gasteiger partial charge is 0.337 e. The Kier molecular flexibility index (Phi) is 4.16. The lowest BCUT2D eigenvalue weighted by molar-refractivity contribution is -0.137. The second-order valence-corrected chi connectivity index (χ2v) is 8.66. The van der Waals surface area contributed by atoms with Crippen LogP contribution >= 0.6 is 0 Å². The molecule has 0 unspecified atom stereocenters. The third-order valence-corrected chi connectivity index (χ3v) is 6.60. The summed E-state index contributed by atoms with van der Waals surface area (Å²) in [6.07, 6.45) is -1.58. The highest BCUT2D eigenvalue weighted by atomic mass is 32.2. The maximum atomic E-state index is 13.0. The number of nitrogens with zero attached hydrogens (tertiary/aromatic N) is 3. The molecule has 6 nitrogen and oxygen atoms in total. The summed E-state index contributed by atoms with van der Waals surface area (Å²) in [6.45, 7) is 0. The Morgan fingerprint density at radius 3 is 2.32 bits per heavy atom. The number of aromatic nitrogens is 4. The minimum Gasteiger partial charge on any atom is -0.337 e. The number of hydrogen-bond acceptors (Lipinski definition) is 4. The number of aromatic amines is 1. The van der Waals surface area contributed by atoms with Gasteiger partial charge in [0.25, 0.3) is 10.0 Å². The number of pyridine rings is 1. The van der Waals surface area contributed by atoms with Gasteiger partial charge in [-0.15, -0.1) is 0 Å². The number of alkyl halides is 3. The summed E-state index contributed by atoms with van der Waals surface area (Å²) in [7, 11) is -3.84. The number of halogens is 3. The van der Waals surface area contributed by atoms with Gasteiger partial charge in [0.05, 0.1) is 22.2 Å². The molecule has 0 aliphatic heterocycles. The third kappa shape index (κ3) is 3.15. The van der Waals surface area contributed by atoms with E-state index in [0.29, 0.717) is 27.8 Å². The molecule has 2 aromatic carbocycles. The van der Waals surface area contributed by atoms with E-state index in [-0.39, 0.29) is 10.5 Å². The highest BCUT2D eigenvalue weighted by Gasteiger charge is 2.30. The molecule has 0 bridgehead atoms. The minimum absolute atomic E-state index is 0.129. The number of hydrogen-bond donors (Lipinski definition) is 1. The van der Waals surface area contributed by atoms with Gasteiger partial charge >= 0.3 is 6.18 Å². The normalized spacial score (nSPS) is 12.6. The first-order valence-electron chi connectivity index (χ1n) is 9.09. The Morgan fingerprint density at radius 2 is 1.65 bits per heavy atom. The molecule has 3 aromatic heterocycles. The van der Waals surface area contributed by atoms with E-state index in [1.54, 1.807) is 24.3 Å². The predicted molar refractivity (Wildman–Crippen MR) is 109 cm³/mol. The fourth-order valence-corrected chi connectivity index (χ4v) is 4.71.